The Balaban J connectivity index is 2.91. The Morgan fingerprint density at radius 2 is 1.92 bits per heavy atom. The number of hydrogen-bond acceptors (Lipinski definition) is 5. The minimum Gasteiger partial charge on any atom is -0.450 e. The average Bonchev–Trinajstić information content (AvgIpc) is 2.52. The van der Waals surface area contributed by atoms with Gasteiger partial charge in [-0.3, -0.25) is 4.79 Å². The molecule has 0 saturated carbocycles. The highest BCUT2D eigenvalue weighted by Gasteiger charge is 2.21. The van der Waals surface area contributed by atoms with E-state index in [0.29, 0.717) is 12.0 Å². The van der Waals surface area contributed by atoms with Crippen LogP contribution >= 0.6 is 0 Å². The fraction of sp³-hybridized carbons (Fsp3) is 0.529. The fourth-order valence-electron chi connectivity index (χ4n) is 2.43. The number of rotatable bonds is 9. The number of carbonyl (C=O) groups is 2. The Hall–Kier alpha value is -2.13. The standard InChI is InChI=1S/C17H27N3O5S/c1-5-25-17(22)20-13(8-11(2)3)10-19-26(23,24)14-7-6-12(4)15(9-14)16(18)21/h6-7,9,11,13,19H,5,8,10H2,1-4H3,(H2,18,21)(H,20,22). The number of ether oxygens (including phenoxy) is 1. The Bertz CT molecular complexity index is 747. The van der Waals surface area contributed by atoms with Crippen molar-refractivity contribution < 1.29 is 22.7 Å². The number of alkyl carbamates (subject to hydrolysis) is 1. The first kappa shape index (κ1) is 21.9. The third-order valence-corrected chi connectivity index (χ3v) is 5.08. The van der Waals surface area contributed by atoms with E-state index in [4.69, 9.17) is 10.5 Å². The average molecular weight is 385 g/mol. The van der Waals surface area contributed by atoms with E-state index in [1.165, 1.54) is 18.2 Å². The Labute approximate surface area is 154 Å². The predicted octanol–water partition coefficient (Wildman–Crippen LogP) is 1.53. The molecule has 1 atom stereocenters. The summed E-state index contributed by atoms with van der Waals surface area (Å²) in [6, 6.07) is 3.75. The second-order valence-corrected chi connectivity index (χ2v) is 8.15. The number of carbonyl (C=O) groups excluding carboxylic acids is 2. The smallest absolute Gasteiger partial charge is 0.407 e. The van der Waals surface area contributed by atoms with Crippen molar-refractivity contribution in [3.8, 4) is 0 Å². The topological polar surface area (TPSA) is 128 Å². The lowest BCUT2D eigenvalue weighted by atomic mass is 10.0. The number of hydrogen-bond donors (Lipinski definition) is 3. The second-order valence-electron chi connectivity index (χ2n) is 6.38. The normalized spacial score (nSPS) is 12.7. The summed E-state index contributed by atoms with van der Waals surface area (Å²) >= 11 is 0. The van der Waals surface area contributed by atoms with Gasteiger partial charge in [0, 0.05) is 18.2 Å². The van der Waals surface area contributed by atoms with Crippen LogP contribution in [0.5, 0.6) is 0 Å². The molecule has 0 aliphatic rings. The quantitative estimate of drug-likeness (QED) is 0.594. The molecule has 0 fully saturated rings. The van der Waals surface area contributed by atoms with Crippen molar-refractivity contribution in [2.75, 3.05) is 13.2 Å². The van der Waals surface area contributed by atoms with Crippen LogP contribution in [0, 0.1) is 12.8 Å². The van der Waals surface area contributed by atoms with Gasteiger partial charge in [0.1, 0.15) is 0 Å². The van der Waals surface area contributed by atoms with Crippen LogP contribution < -0.4 is 15.8 Å². The molecule has 0 aliphatic carbocycles. The zero-order chi connectivity index (χ0) is 19.9. The third-order valence-electron chi connectivity index (χ3n) is 3.66. The summed E-state index contributed by atoms with van der Waals surface area (Å²) in [6.45, 7) is 7.52. The third kappa shape index (κ3) is 6.64. The highest BCUT2D eigenvalue weighted by Crippen LogP contribution is 2.15. The highest BCUT2D eigenvalue weighted by atomic mass is 32.2. The molecule has 0 radical (unpaired) electrons. The first-order chi connectivity index (χ1) is 12.1. The number of benzene rings is 1. The molecule has 1 rings (SSSR count). The van der Waals surface area contributed by atoms with Crippen LogP contribution in [0.15, 0.2) is 23.1 Å². The summed E-state index contributed by atoms with van der Waals surface area (Å²) in [5, 5.41) is 2.65. The minimum atomic E-state index is -3.86. The first-order valence-electron chi connectivity index (χ1n) is 8.40. The molecule has 0 bridgehead atoms. The molecule has 1 aromatic carbocycles. The predicted molar refractivity (Wildman–Crippen MR) is 98.3 cm³/mol. The van der Waals surface area contributed by atoms with E-state index < -0.39 is 28.1 Å². The Morgan fingerprint density at radius 1 is 1.27 bits per heavy atom. The van der Waals surface area contributed by atoms with Crippen LogP contribution in [0.4, 0.5) is 4.79 Å². The largest absolute Gasteiger partial charge is 0.450 e. The van der Waals surface area contributed by atoms with E-state index in [2.05, 4.69) is 10.0 Å². The van der Waals surface area contributed by atoms with E-state index in [1.807, 2.05) is 13.8 Å². The van der Waals surface area contributed by atoms with Crippen molar-refractivity contribution in [1.29, 1.82) is 0 Å². The number of primary amides is 1. The SMILES string of the molecule is CCOC(=O)NC(CNS(=O)(=O)c1ccc(C)c(C(N)=O)c1)CC(C)C. The van der Waals surface area contributed by atoms with Gasteiger partial charge in [0.25, 0.3) is 0 Å². The molecule has 2 amide bonds. The van der Waals surface area contributed by atoms with Gasteiger partial charge in [-0.2, -0.15) is 0 Å². The van der Waals surface area contributed by atoms with Gasteiger partial charge in [-0.25, -0.2) is 17.9 Å². The van der Waals surface area contributed by atoms with Gasteiger partial charge in [-0.1, -0.05) is 19.9 Å². The van der Waals surface area contributed by atoms with Crippen LogP contribution in [0.1, 0.15) is 43.1 Å². The molecule has 0 saturated heterocycles. The van der Waals surface area contributed by atoms with Gasteiger partial charge >= 0.3 is 6.09 Å². The molecule has 0 aromatic heterocycles. The fourth-order valence-corrected chi connectivity index (χ4v) is 3.54. The lowest BCUT2D eigenvalue weighted by Crippen LogP contribution is -2.44. The lowest BCUT2D eigenvalue weighted by molar-refractivity contribution is 0.0999. The van der Waals surface area contributed by atoms with Gasteiger partial charge < -0.3 is 15.8 Å². The van der Waals surface area contributed by atoms with Gasteiger partial charge in [0.2, 0.25) is 15.9 Å². The molecule has 9 heteroatoms. The van der Waals surface area contributed by atoms with Crippen LogP contribution in [0.3, 0.4) is 0 Å². The summed E-state index contributed by atoms with van der Waals surface area (Å²) in [4.78, 5) is 23.0. The molecular weight excluding hydrogens is 358 g/mol. The van der Waals surface area contributed by atoms with E-state index >= 15 is 0 Å². The summed E-state index contributed by atoms with van der Waals surface area (Å²) in [7, 11) is -3.86. The van der Waals surface area contributed by atoms with Crippen molar-refractivity contribution >= 4 is 22.0 Å². The molecule has 4 N–H and O–H groups in total. The van der Waals surface area contributed by atoms with Crippen molar-refractivity contribution in [2.24, 2.45) is 11.7 Å². The second kappa shape index (κ2) is 9.54. The summed E-state index contributed by atoms with van der Waals surface area (Å²) in [5.74, 6) is -0.450. The van der Waals surface area contributed by atoms with Gasteiger partial charge in [0.15, 0.2) is 0 Å². The molecule has 0 heterocycles. The van der Waals surface area contributed by atoms with E-state index in [0.717, 1.165) is 0 Å². The molecule has 1 aromatic rings. The maximum absolute atomic E-state index is 12.5. The molecule has 0 spiro atoms. The van der Waals surface area contributed by atoms with Crippen molar-refractivity contribution in [2.45, 2.75) is 45.1 Å². The van der Waals surface area contributed by atoms with Crippen LogP contribution in [-0.2, 0) is 14.8 Å². The van der Waals surface area contributed by atoms with Gasteiger partial charge in [-0.05, 0) is 43.9 Å². The van der Waals surface area contributed by atoms with Crippen molar-refractivity contribution in [3.05, 3.63) is 29.3 Å². The zero-order valence-electron chi connectivity index (χ0n) is 15.5. The number of amides is 2. The minimum absolute atomic E-state index is 0.000884. The number of aryl methyl sites for hydroxylation is 1. The molecule has 1 unspecified atom stereocenters. The monoisotopic (exact) mass is 385 g/mol. The Kier molecular flexibility index (Phi) is 8.04. The lowest BCUT2D eigenvalue weighted by Gasteiger charge is -2.21. The number of nitrogens with two attached hydrogens (primary N) is 1. The molecule has 146 valence electrons. The summed E-state index contributed by atoms with van der Waals surface area (Å²) in [6.07, 6.45) is -0.0226. The molecule has 26 heavy (non-hydrogen) atoms. The van der Waals surface area contributed by atoms with Crippen LogP contribution in [0.2, 0.25) is 0 Å². The van der Waals surface area contributed by atoms with Crippen LogP contribution in [-0.4, -0.2) is 39.6 Å². The maximum atomic E-state index is 12.5. The van der Waals surface area contributed by atoms with E-state index in [-0.39, 0.29) is 29.5 Å². The molecule has 0 aliphatic heterocycles. The number of nitrogens with one attached hydrogen (secondary N) is 2. The van der Waals surface area contributed by atoms with Crippen molar-refractivity contribution in [1.82, 2.24) is 10.0 Å². The van der Waals surface area contributed by atoms with Crippen LogP contribution in [0.25, 0.3) is 0 Å². The van der Waals surface area contributed by atoms with Gasteiger partial charge in [0.05, 0.1) is 11.5 Å². The Morgan fingerprint density at radius 3 is 2.46 bits per heavy atom. The van der Waals surface area contributed by atoms with E-state index in [1.54, 1.807) is 13.8 Å². The zero-order valence-corrected chi connectivity index (χ0v) is 16.4. The highest BCUT2D eigenvalue weighted by molar-refractivity contribution is 7.89. The van der Waals surface area contributed by atoms with E-state index in [9.17, 15) is 18.0 Å². The maximum Gasteiger partial charge on any atom is 0.407 e. The first-order valence-corrected chi connectivity index (χ1v) is 9.88. The van der Waals surface area contributed by atoms with Crippen molar-refractivity contribution in [3.63, 3.8) is 0 Å². The number of sulfonamides is 1. The summed E-state index contributed by atoms with van der Waals surface area (Å²) in [5.41, 5.74) is 6.02. The van der Waals surface area contributed by atoms with Gasteiger partial charge in [-0.15, -0.1) is 0 Å². The summed E-state index contributed by atoms with van der Waals surface area (Å²) < 4.78 is 32.3. The molecule has 8 nitrogen and oxygen atoms in total. The molecular formula is C17H27N3O5S.